The molecule has 0 aromatic heterocycles. The van der Waals surface area contributed by atoms with Crippen LogP contribution in [0.4, 0.5) is 11.4 Å². The average molecular weight is 556 g/mol. The summed E-state index contributed by atoms with van der Waals surface area (Å²) >= 11 is 13.2. The van der Waals surface area contributed by atoms with Crippen LogP contribution in [0.2, 0.25) is 10.0 Å². The van der Waals surface area contributed by atoms with E-state index in [-0.39, 0.29) is 24.8 Å². The maximum Gasteiger partial charge on any atom is 0.338 e. The normalized spacial score (nSPS) is 16.5. The molecule has 10 heteroatoms. The highest BCUT2D eigenvalue weighted by Gasteiger charge is 2.36. The van der Waals surface area contributed by atoms with Crippen molar-refractivity contribution >= 4 is 69.3 Å². The van der Waals surface area contributed by atoms with Gasteiger partial charge in [-0.15, -0.1) is 0 Å². The van der Waals surface area contributed by atoms with Gasteiger partial charge in [-0.25, -0.2) is 9.79 Å². The molecule has 2 amide bonds. The van der Waals surface area contributed by atoms with Crippen LogP contribution in [0.1, 0.15) is 29.3 Å². The number of nitrogens with zero attached hydrogens (tertiary/aromatic N) is 2. The Kier molecular flexibility index (Phi) is 8.87. The first-order valence-electron chi connectivity index (χ1n) is 11.5. The van der Waals surface area contributed by atoms with Gasteiger partial charge in [-0.1, -0.05) is 47.1 Å². The molecule has 7 nitrogen and oxygen atoms in total. The number of hydrogen-bond donors (Lipinski definition) is 1. The molecule has 37 heavy (non-hydrogen) atoms. The van der Waals surface area contributed by atoms with Crippen molar-refractivity contribution in [3.05, 3.63) is 94.0 Å². The molecule has 1 N–H and O–H groups in total. The summed E-state index contributed by atoms with van der Waals surface area (Å²) in [7, 11) is 0. The van der Waals surface area contributed by atoms with E-state index in [1.165, 1.54) is 11.8 Å². The second-order valence-corrected chi connectivity index (χ2v) is 10.1. The largest absolute Gasteiger partial charge is 0.462 e. The maximum absolute atomic E-state index is 13.2. The fraction of sp³-hybridized carbons (Fsp3) is 0.185. The van der Waals surface area contributed by atoms with Crippen LogP contribution >= 0.6 is 35.0 Å². The lowest BCUT2D eigenvalue weighted by Crippen LogP contribution is -2.44. The Morgan fingerprint density at radius 3 is 2.24 bits per heavy atom. The number of carbonyl (C=O) groups is 3. The Morgan fingerprint density at radius 2 is 1.62 bits per heavy atom. The number of aliphatic imine (C=N–C) groups is 1. The van der Waals surface area contributed by atoms with E-state index >= 15 is 0 Å². The lowest BCUT2D eigenvalue weighted by molar-refractivity contribution is -0.129. The zero-order valence-corrected chi connectivity index (χ0v) is 22.1. The molecular formula is C27H23Cl2N3O4S. The van der Waals surface area contributed by atoms with Crippen LogP contribution in [-0.2, 0) is 20.9 Å². The SMILES string of the molecule is CCOC(=O)c1ccc(NC(=O)C2CC(=O)N(Cc3ccc(Cl)cc3)C(=Nc3ccc(Cl)cc3)S2)cc1. The van der Waals surface area contributed by atoms with E-state index < -0.39 is 11.2 Å². The van der Waals surface area contributed by atoms with E-state index in [2.05, 4.69) is 10.3 Å². The monoisotopic (exact) mass is 555 g/mol. The Morgan fingerprint density at radius 1 is 1.00 bits per heavy atom. The van der Waals surface area contributed by atoms with E-state index in [0.29, 0.717) is 38.7 Å². The highest BCUT2D eigenvalue weighted by molar-refractivity contribution is 8.15. The minimum absolute atomic E-state index is 0.00460. The lowest BCUT2D eigenvalue weighted by atomic mass is 10.2. The number of rotatable bonds is 7. The number of hydrogen-bond acceptors (Lipinski definition) is 6. The molecule has 1 aliphatic heterocycles. The summed E-state index contributed by atoms with van der Waals surface area (Å²) in [5.74, 6) is -0.992. The van der Waals surface area contributed by atoms with Crippen molar-refractivity contribution in [3.63, 3.8) is 0 Å². The van der Waals surface area contributed by atoms with Crippen LogP contribution in [0.25, 0.3) is 0 Å². The molecule has 4 rings (SSSR count). The van der Waals surface area contributed by atoms with E-state index in [1.54, 1.807) is 72.5 Å². The Balaban J connectivity index is 1.53. The highest BCUT2D eigenvalue weighted by Crippen LogP contribution is 2.31. The molecule has 0 saturated carbocycles. The van der Waals surface area contributed by atoms with E-state index in [9.17, 15) is 14.4 Å². The Labute approximate surface area is 228 Å². The van der Waals surface area contributed by atoms with Crippen molar-refractivity contribution in [3.8, 4) is 0 Å². The number of esters is 1. The number of amides is 2. The summed E-state index contributed by atoms with van der Waals surface area (Å²) in [6, 6.07) is 20.5. The number of ether oxygens (including phenoxy) is 1. The van der Waals surface area contributed by atoms with Crippen molar-refractivity contribution in [1.29, 1.82) is 0 Å². The van der Waals surface area contributed by atoms with Gasteiger partial charge >= 0.3 is 5.97 Å². The quantitative estimate of drug-likeness (QED) is 0.344. The molecule has 1 atom stereocenters. The highest BCUT2D eigenvalue weighted by atomic mass is 35.5. The molecular weight excluding hydrogens is 533 g/mol. The Bertz CT molecular complexity index is 1310. The first kappa shape index (κ1) is 26.7. The smallest absolute Gasteiger partial charge is 0.338 e. The molecule has 190 valence electrons. The second kappa shape index (κ2) is 12.3. The molecule has 1 aliphatic rings. The second-order valence-electron chi connectivity index (χ2n) is 8.07. The van der Waals surface area contributed by atoms with E-state index in [4.69, 9.17) is 27.9 Å². The van der Waals surface area contributed by atoms with Crippen LogP contribution in [0.3, 0.4) is 0 Å². The number of anilines is 1. The van der Waals surface area contributed by atoms with Crippen molar-refractivity contribution in [2.24, 2.45) is 4.99 Å². The number of halogens is 2. The minimum atomic E-state index is -0.690. The zero-order valence-electron chi connectivity index (χ0n) is 19.8. The number of benzene rings is 3. The van der Waals surface area contributed by atoms with Gasteiger partial charge < -0.3 is 10.1 Å². The molecule has 1 saturated heterocycles. The van der Waals surface area contributed by atoms with Gasteiger partial charge in [-0.05, 0) is 73.2 Å². The molecule has 3 aromatic carbocycles. The standard InChI is InChI=1S/C27H23Cl2N3O4S/c1-2-36-26(35)18-5-11-21(12-6-18)30-25(34)23-15-24(33)32(16-17-3-7-19(28)8-4-17)27(37-23)31-22-13-9-20(29)10-14-22/h3-14,23H,2,15-16H2,1H3,(H,30,34). The van der Waals surface area contributed by atoms with Gasteiger partial charge in [-0.2, -0.15) is 0 Å². The van der Waals surface area contributed by atoms with Gasteiger partial charge in [0, 0.05) is 22.2 Å². The van der Waals surface area contributed by atoms with Crippen molar-refractivity contribution < 1.29 is 19.1 Å². The molecule has 1 fully saturated rings. The first-order chi connectivity index (χ1) is 17.8. The summed E-state index contributed by atoms with van der Waals surface area (Å²) in [5.41, 5.74) is 2.38. The summed E-state index contributed by atoms with van der Waals surface area (Å²) in [6.07, 6.45) is 0.00460. The van der Waals surface area contributed by atoms with Gasteiger partial charge in [0.15, 0.2) is 5.17 Å². The van der Waals surface area contributed by atoms with Crippen molar-refractivity contribution in [1.82, 2.24) is 4.90 Å². The minimum Gasteiger partial charge on any atom is -0.462 e. The van der Waals surface area contributed by atoms with Crippen molar-refractivity contribution in [2.75, 3.05) is 11.9 Å². The van der Waals surface area contributed by atoms with Crippen LogP contribution in [0, 0.1) is 0 Å². The number of amidine groups is 1. The fourth-order valence-corrected chi connectivity index (χ4v) is 4.87. The zero-order chi connectivity index (χ0) is 26.4. The van der Waals surface area contributed by atoms with Crippen LogP contribution in [0.5, 0.6) is 0 Å². The van der Waals surface area contributed by atoms with Gasteiger partial charge in [0.2, 0.25) is 11.8 Å². The summed E-state index contributed by atoms with van der Waals surface area (Å²) < 4.78 is 4.98. The van der Waals surface area contributed by atoms with Crippen LogP contribution < -0.4 is 5.32 Å². The molecule has 0 spiro atoms. The summed E-state index contributed by atoms with van der Waals surface area (Å²) in [4.78, 5) is 44.4. The Hall–Kier alpha value is -3.33. The molecule has 1 unspecified atom stereocenters. The van der Waals surface area contributed by atoms with E-state index in [1.807, 2.05) is 12.1 Å². The predicted molar refractivity (Wildman–Crippen MR) is 148 cm³/mol. The summed E-state index contributed by atoms with van der Waals surface area (Å²) in [6.45, 7) is 2.30. The van der Waals surface area contributed by atoms with Crippen LogP contribution in [-0.4, -0.2) is 39.7 Å². The number of carbonyl (C=O) groups excluding carboxylic acids is 3. The van der Waals surface area contributed by atoms with Crippen LogP contribution in [0.15, 0.2) is 77.8 Å². The topological polar surface area (TPSA) is 88.1 Å². The van der Waals surface area contributed by atoms with Gasteiger partial charge in [0.05, 0.1) is 24.4 Å². The van der Waals surface area contributed by atoms with Gasteiger partial charge in [0.1, 0.15) is 5.25 Å². The molecule has 0 bridgehead atoms. The van der Waals surface area contributed by atoms with E-state index in [0.717, 1.165) is 5.56 Å². The first-order valence-corrected chi connectivity index (χ1v) is 13.1. The predicted octanol–water partition coefficient (Wildman–Crippen LogP) is 6.33. The third-order valence-corrected chi connectivity index (χ3v) is 7.09. The van der Waals surface area contributed by atoms with Gasteiger partial charge in [-0.3, -0.25) is 14.5 Å². The maximum atomic E-state index is 13.2. The molecule has 3 aromatic rings. The molecule has 0 radical (unpaired) electrons. The molecule has 1 heterocycles. The third kappa shape index (κ3) is 7.13. The number of thioether (sulfide) groups is 1. The average Bonchev–Trinajstić information content (AvgIpc) is 2.89. The molecule has 0 aliphatic carbocycles. The van der Waals surface area contributed by atoms with Crippen molar-refractivity contribution in [2.45, 2.75) is 25.1 Å². The number of nitrogens with one attached hydrogen (secondary N) is 1. The fourth-order valence-electron chi connectivity index (χ4n) is 3.52. The lowest BCUT2D eigenvalue weighted by Gasteiger charge is -2.32. The summed E-state index contributed by atoms with van der Waals surface area (Å²) in [5, 5.41) is 3.71. The van der Waals surface area contributed by atoms with Gasteiger partial charge in [0.25, 0.3) is 0 Å². The third-order valence-electron chi connectivity index (χ3n) is 5.40.